The van der Waals surface area contributed by atoms with E-state index in [1.165, 1.54) is 11.4 Å². The minimum atomic E-state index is 0.636. The fraction of sp³-hybridized carbons (Fsp3) is 0.533. The van der Waals surface area contributed by atoms with Gasteiger partial charge in [0.15, 0.2) is 0 Å². The van der Waals surface area contributed by atoms with Crippen molar-refractivity contribution in [1.82, 2.24) is 4.90 Å². The number of benzene rings is 1. The summed E-state index contributed by atoms with van der Waals surface area (Å²) >= 11 is 0. The number of rotatable bonds is 4. The molecule has 0 N–H and O–H groups in total. The largest absolute Gasteiger partial charge is 0.378 e. The number of anilines is 2. The number of hydrogen-bond donors (Lipinski definition) is 0. The fourth-order valence-corrected chi connectivity index (χ4v) is 2.40. The molecule has 1 aromatic carbocycles. The highest BCUT2D eigenvalue weighted by molar-refractivity contribution is 5.56. The van der Waals surface area contributed by atoms with Gasteiger partial charge in [0.1, 0.15) is 0 Å². The Morgan fingerprint density at radius 3 is 2.26 bits per heavy atom. The minimum Gasteiger partial charge on any atom is -0.378 e. The monoisotopic (exact) mass is 258 g/mol. The van der Waals surface area contributed by atoms with Crippen LogP contribution in [0.2, 0.25) is 0 Å². The second-order valence-electron chi connectivity index (χ2n) is 5.15. The second kappa shape index (κ2) is 6.44. The molecule has 0 amide bonds. The fourth-order valence-electron chi connectivity index (χ4n) is 2.40. The summed E-state index contributed by atoms with van der Waals surface area (Å²) in [4.78, 5) is 6.90. The van der Waals surface area contributed by atoms with E-state index in [0.29, 0.717) is 6.42 Å². The van der Waals surface area contributed by atoms with Crippen LogP contribution in [0, 0.1) is 11.3 Å². The van der Waals surface area contributed by atoms with Gasteiger partial charge in [-0.25, -0.2) is 0 Å². The maximum atomic E-state index is 8.61. The van der Waals surface area contributed by atoms with Crippen molar-refractivity contribution in [2.24, 2.45) is 0 Å². The third kappa shape index (κ3) is 3.62. The maximum Gasteiger partial charge on any atom is 0.0635 e. The molecule has 4 nitrogen and oxygen atoms in total. The van der Waals surface area contributed by atoms with Gasteiger partial charge in [-0.3, -0.25) is 4.90 Å². The molecule has 1 saturated heterocycles. The Morgan fingerprint density at radius 2 is 1.74 bits per heavy atom. The molecule has 1 aliphatic heterocycles. The highest BCUT2D eigenvalue weighted by Crippen LogP contribution is 2.20. The molecule has 0 radical (unpaired) electrons. The van der Waals surface area contributed by atoms with Crippen molar-refractivity contribution in [2.45, 2.75) is 6.42 Å². The Balaban J connectivity index is 1.89. The van der Waals surface area contributed by atoms with E-state index in [4.69, 9.17) is 5.26 Å². The highest BCUT2D eigenvalue weighted by atomic mass is 15.3. The summed E-state index contributed by atoms with van der Waals surface area (Å²) in [6.07, 6.45) is 0.636. The van der Waals surface area contributed by atoms with E-state index in [9.17, 15) is 0 Å². The third-order valence-electron chi connectivity index (χ3n) is 3.64. The normalized spacial score (nSPS) is 16.2. The van der Waals surface area contributed by atoms with Crippen LogP contribution in [0.1, 0.15) is 6.42 Å². The first-order valence-electron chi connectivity index (χ1n) is 6.82. The molecular weight excluding hydrogens is 236 g/mol. The maximum absolute atomic E-state index is 8.61. The van der Waals surface area contributed by atoms with Gasteiger partial charge in [-0.1, -0.05) is 0 Å². The molecule has 1 aromatic rings. The topological polar surface area (TPSA) is 33.5 Å². The van der Waals surface area contributed by atoms with E-state index in [-0.39, 0.29) is 0 Å². The van der Waals surface area contributed by atoms with Crippen LogP contribution in [0.4, 0.5) is 11.4 Å². The Morgan fingerprint density at radius 1 is 1.11 bits per heavy atom. The zero-order chi connectivity index (χ0) is 13.7. The molecule has 1 aliphatic rings. The van der Waals surface area contributed by atoms with Crippen LogP contribution < -0.4 is 9.80 Å². The lowest BCUT2D eigenvalue weighted by atomic mass is 10.2. The predicted molar refractivity (Wildman–Crippen MR) is 79.7 cm³/mol. The Bertz CT molecular complexity index is 424. The summed E-state index contributed by atoms with van der Waals surface area (Å²) in [5, 5.41) is 8.61. The van der Waals surface area contributed by atoms with Gasteiger partial charge in [0.2, 0.25) is 0 Å². The predicted octanol–water partition coefficient (Wildman–Crippen LogP) is 1.79. The smallest absolute Gasteiger partial charge is 0.0635 e. The second-order valence-corrected chi connectivity index (χ2v) is 5.15. The van der Waals surface area contributed by atoms with Crippen molar-refractivity contribution < 1.29 is 0 Å². The lowest BCUT2D eigenvalue weighted by Gasteiger charge is -2.35. The molecule has 1 heterocycles. The lowest BCUT2D eigenvalue weighted by Crippen LogP contribution is -2.46. The van der Waals surface area contributed by atoms with E-state index in [1.807, 2.05) is 0 Å². The SMILES string of the molecule is CN(C)c1ccc(N2CCN(CCC#N)CC2)cc1. The number of nitriles is 1. The molecule has 0 bridgehead atoms. The van der Waals surface area contributed by atoms with Crippen LogP contribution in [0.3, 0.4) is 0 Å². The van der Waals surface area contributed by atoms with Gasteiger partial charge in [-0.05, 0) is 24.3 Å². The van der Waals surface area contributed by atoms with Gasteiger partial charge in [-0.15, -0.1) is 0 Å². The zero-order valence-electron chi connectivity index (χ0n) is 11.8. The van der Waals surface area contributed by atoms with E-state index in [2.05, 4.69) is 59.1 Å². The van der Waals surface area contributed by atoms with Crippen LogP contribution in [-0.4, -0.2) is 51.7 Å². The Kier molecular flexibility index (Phi) is 4.64. The molecule has 0 aliphatic carbocycles. The number of hydrogen-bond acceptors (Lipinski definition) is 4. The standard InChI is InChI=1S/C15H22N4/c1-17(2)14-4-6-15(7-5-14)19-12-10-18(11-13-19)9-3-8-16/h4-7H,3,9-13H2,1-2H3. The minimum absolute atomic E-state index is 0.636. The average molecular weight is 258 g/mol. The van der Waals surface area contributed by atoms with Crippen molar-refractivity contribution in [2.75, 3.05) is 56.6 Å². The summed E-state index contributed by atoms with van der Waals surface area (Å²) in [6, 6.07) is 10.9. The summed E-state index contributed by atoms with van der Waals surface area (Å²) in [7, 11) is 4.12. The van der Waals surface area contributed by atoms with E-state index < -0.39 is 0 Å². The quantitative estimate of drug-likeness (QED) is 0.824. The molecule has 0 aromatic heterocycles. The third-order valence-corrected chi connectivity index (χ3v) is 3.64. The van der Waals surface area contributed by atoms with Gasteiger partial charge in [0.25, 0.3) is 0 Å². The van der Waals surface area contributed by atoms with Crippen molar-refractivity contribution in [3.8, 4) is 6.07 Å². The number of nitrogens with zero attached hydrogens (tertiary/aromatic N) is 4. The molecule has 0 spiro atoms. The summed E-state index contributed by atoms with van der Waals surface area (Å²) in [5.74, 6) is 0. The van der Waals surface area contributed by atoms with E-state index in [1.54, 1.807) is 0 Å². The molecule has 0 atom stereocenters. The summed E-state index contributed by atoms with van der Waals surface area (Å²) < 4.78 is 0. The van der Waals surface area contributed by atoms with E-state index in [0.717, 1.165) is 32.7 Å². The highest BCUT2D eigenvalue weighted by Gasteiger charge is 2.16. The van der Waals surface area contributed by atoms with Gasteiger partial charge in [-0.2, -0.15) is 5.26 Å². The van der Waals surface area contributed by atoms with Crippen molar-refractivity contribution >= 4 is 11.4 Å². The molecule has 4 heteroatoms. The van der Waals surface area contributed by atoms with Crippen LogP contribution >= 0.6 is 0 Å². The summed E-state index contributed by atoms with van der Waals surface area (Å²) in [5.41, 5.74) is 2.53. The van der Waals surface area contributed by atoms with E-state index >= 15 is 0 Å². The van der Waals surface area contributed by atoms with Gasteiger partial charge in [0.05, 0.1) is 6.07 Å². The molecule has 102 valence electrons. The van der Waals surface area contributed by atoms with Crippen LogP contribution in [0.25, 0.3) is 0 Å². The van der Waals surface area contributed by atoms with Crippen molar-refractivity contribution in [3.05, 3.63) is 24.3 Å². The number of piperazine rings is 1. The van der Waals surface area contributed by atoms with Gasteiger partial charge < -0.3 is 9.80 Å². The molecule has 1 fully saturated rings. The van der Waals surface area contributed by atoms with Crippen molar-refractivity contribution in [3.63, 3.8) is 0 Å². The first-order chi connectivity index (χ1) is 9.20. The molecule has 0 unspecified atom stereocenters. The first kappa shape index (κ1) is 13.7. The lowest BCUT2D eigenvalue weighted by molar-refractivity contribution is 0.263. The molecular formula is C15H22N4. The Labute approximate surface area is 115 Å². The first-order valence-corrected chi connectivity index (χ1v) is 6.82. The molecule has 19 heavy (non-hydrogen) atoms. The van der Waals surface area contributed by atoms with Crippen LogP contribution in [-0.2, 0) is 0 Å². The van der Waals surface area contributed by atoms with Gasteiger partial charge >= 0.3 is 0 Å². The summed E-state index contributed by atoms with van der Waals surface area (Å²) in [6.45, 7) is 5.11. The van der Waals surface area contributed by atoms with Crippen LogP contribution in [0.15, 0.2) is 24.3 Å². The zero-order valence-corrected chi connectivity index (χ0v) is 11.8. The van der Waals surface area contributed by atoms with Crippen molar-refractivity contribution in [1.29, 1.82) is 5.26 Å². The molecule has 2 rings (SSSR count). The van der Waals surface area contributed by atoms with Gasteiger partial charge in [0, 0.05) is 64.6 Å². The molecule has 0 saturated carbocycles. The Hall–Kier alpha value is -1.73. The van der Waals surface area contributed by atoms with Crippen LogP contribution in [0.5, 0.6) is 0 Å². The average Bonchev–Trinajstić information content (AvgIpc) is 2.46.